The molecule has 0 aliphatic heterocycles. The third-order valence-electron chi connectivity index (χ3n) is 11.2. The van der Waals surface area contributed by atoms with E-state index in [0.29, 0.717) is 17.5 Å². The SMILES string of the molecule is c1ccc2cc3c(cc2c1)c1ccccc1n3-c1ccc(-c2nc(-c3cccc4ccccc34)nc(-c3cccc4ccccc34)n2)c2c1sc1ccccc12. The maximum Gasteiger partial charge on any atom is 0.164 e. The number of thiophene rings is 1. The monoisotopic (exact) mass is 730 g/mol. The van der Waals surface area contributed by atoms with Gasteiger partial charge in [-0.05, 0) is 68.7 Å². The Balaban J connectivity index is 1.18. The smallest absolute Gasteiger partial charge is 0.164 e. The fraction of sp³-hybridized carbons (Fsp3) is 0. The number of hydrogen-bond acceptors (Lipinski definition) is 4. The second kappa shape index (κ2) is 12.2. The summed E-state index contributed by atoms with van der Waals surface area (Å²) in [6.45, 7) is 0. The molecule has 3 heterocycles. The van der Waals surface area contributed by atoms with Crippen molar-refractivity contribution in [2.45, 2.75) is 0 Å². The first-order valence-electron chi connectivity index (χ1n) is 18.9. The van der Waals surface area contributed by atoms with Gasteiger partial charge in [-0.15, -0.1) is 11.3 Å². The molecule has 4 nitrogen and oxygen atoms in total. The van der Waals surface area contributed by atoms with Crippen LogP contribution in [0.5, 0.6) is 0 Å². The second-order valence-corrected chi connectivity index (χ2v) is 15.4. The van der Waals surface area contributed by atoms with Gasteiger partial charge in [-0.3, -0.25) is 0 Å². The lowest BCUT2D eigenvalue weighted by atomic mass is 10.0. The van der Waals surface area contributed by atoms with Gasteiger partial charge in [0.1, 0.15) is 0 Å². The van der Waals surface area contributed by atoms with E-state index < -0.39 is 0 Å². The van der Waals surface area contributed by atoms with Crippen molar-refractivity contribution in [3.63, 3.8) is 0 Å². The first kappa shape index (κ1) is 31.2. The van der Waals surface area contributed by atoms with Gasteiger partial charge in [0.05, 0.1) is 21.4 Å². The van der Waals surface area contributed by atoms with E-state index in [4.69, 9.17) is 15.0 Å². The maximum absolute atomic E-state index is 5.37. The van der Waals surface area contributed by atoms with Crippen molar-refractivity contribution in [3.8, 4) is 39.9 Å². The number of nitrogens with zero attached hydrogens (tertiary/aromatic N) is 4. The standard InChI is InChI=1S/C51H30N4S/c1-2-16-34-30-45-42(29-33(34)15-1)37-21-7-9-25-43(37)55(45)44-28-27-41(47-40-22-8-10-26-46(40)56-48(44)47)51-53-49(38-23-11-17-31-13-3-5-19-35(31)38)52-50(54-51)39-24-12-18-32-14-4-6-20-36(32)39/h1-30H. The van der Waals surface area contributed by atoms with Crippen molar-refractivity contribution >= 4 is 85.6 Å². The molecule has 0 aliphatic carbocycles. The Morgan fingerprint density at radius 1 is 0.357 bits per heavy atom. The van der Waals surface area contributed by atoms with Crippen LogP contribution in [0.2, 0.25) is 0 Å². The molecule has 0 saturated carbocycles. The van der Waals surface area contributed by atoms with Gasteiger partial charge in [0.25, 0.3) is 0 Å². The molecule has 12 rings (SSSR count). The molecule has 0 N–H and O–H groups in total. The van der Waals surface area contributed by atoms with Crippen molar-refractivity contribution in [1.82, 2.24) is 19.5 Å². The minimum atomic E-state index is 0.652. The molecule has 0 amide bonds. The van der Waals surface area contributed by atoms with E-state index in [-0.39, 0.29) is 0 Å². The molecule has 0 fully saturated rings. The Bertz CT molecular complexity index is 3450. The van der Waals surface area contributed by atoms with Crippen LogP contribution >= 0.6 is 11.3 Å². The Hall–Kier alpha value is -7.21. The molecule has 56 heavy (non-hydrogen) atoms. The average Bonchev–Trinajstić information content (AvgIpc) is 3.81. The minimum absolute atomic E-state index is 0.652. The first-order chi connectivity index (χ1) is 27.8. The summed E-state index contributed by atoms with van der Waals surface area (Å²) in [7, 11) is 0. The molecule has 0 saturated heterocycles. The summed E-state index contributed by atoms with van der Waals surface area (Å²) in [5.74, 6) is 1.96. The number of fused-ring (bicyclic) bond motifs is 9. The number of para-hydroxylation sites is 1. The molecule has 0 bridgehead atoms. The van der Waals surface area contributed by atoms with Crippen LogP contribution in [0, 0.1) is 0 Å². The van der Waals surface area contributed by atoms with Gasteiger partial charge in [0, 0.05) is 42.9 Å². The molecular weight excluding hydrogens is 701 g/mol. The highest BCUT2D eigenvalue weighted by molar-refractivity contribution is 7.26. The molecule has 3 aromatic heterocycles. The van der Waals surface area contributed by atoms with Gasteiger partial charge in [-0.25, -0.2) is 15.0 Å². The van der Waals surface area contributed by atoms with Crippen molar-refractivity contribution in [3.05, 3.63) is 182 Å². The highest BCUT2D eigenvalue weighted by atomic mass is 32.1. The molecule has 260 valence electrons. The summed E-state index contributed by atoms with van der Waals surface area (Å²) < 4.78 is 4.87. The van der Waals surface area contributed by atoms with Crippen molar-refractivity contribution in [2.24, 2.45) is 0 Å². The van der Waals surface area contributed by atoms with Gasteiger partial charge in [0.15, 0.2) is 17.5 Å². The predicted octanol–water partition coefficient (Wildman–Crippen LogP) is 13.8. The lowest BCUT2D eigenvalue weighted by molar-refractivity contribution is 1.08. The van der Waals surface area contributed by atoms with Crippen molar-refractivity contribution in [2.75, 3.05) is 0 Å². The Morgan fingerprint density at radius 2 is 0.875 bits per heavy atom. The van der Waals surface area contributed by atoms with Crippen LogP contribution in [0.15, 0.2) is 182 Å². The van der Waals surface area contributed by atoms with E-state index in [1.54, 1.807) is 0 Å². The topological polar surface area (TPSA) is 43.6 Å². The normalized spacial score (nSPS) is 11.9. The van der Waals surface area contributed by atoms with E-state index in [0.717, 1.165) is 49.3 Å². The molecule has 0 unspecified atom stereocenters. The van der Waals surface area contributed by atoms with Gasteiger partial charge in [-0.1, -0.05) is 146 Å². The fourth-order valence-corrected chi connectivity index (χ4v) is 9.90. The van der Waals surface area contributed by atoms with Crippen LogP contribution in [0.3, 0.4) is 0 Å². The molecule has 9 aromatic carbocycles. The molecule has 0 atom stereocenters. The summed E-state index contributed by atoms with van der Waals surface area (Å²) in [5, 5.41) is 11.8. The van der Waals surface area contributed by atoms with Crippen molar-refractivity contribution < 1.29 is 0 Å². The summed E-state index contributed by atoms with van der Waals surface area (Å²) in [4.78, 5) is 16.0. The second-order valence-electron chi connectivity index (χ2n) is 14.4. The zero-order valence-corrected chi connectivity index (χ0v) is 30.8. The first-order valence-corrected chi connectivity index (χ1v) is 19.7. The minimum Gasteiger partial charge on any atom is -0.308 e. The quantitative estimate of drug-likeness (QED) is 0.181. The molecule has 5 heteroatoms. The van der Waals surface area contributed by atoms with Crippen LogP contribution < -0.4 is 0 Å². The number of aromatic nitrogens is 4. The molecule has 0 spiro atoms. The molecule has 0 radical (unpaired) electrons. The number of rotatable bonds is 4. The molecule has 0 aliphatic rings. The summed E-state index contributed by atoms with van der Waals surface area (Å²) in [6.07, 6.45) is 0. The zero-order valence-electron chi connectivity index (χ0n) is 30.0. The summed E-state index contributed by atoms with van der Waals surface area (Å²) >= 11 is 1.83. The van der Waals surface area contributed by atoms with E-state index in [1.165, 1.54) is 47.4 Å². The Labute approximate surface area is 325 Å². The van der Waals surface area contributed by atoms with E-state index in [9.17, 15) is 0 Å². The summed E-state index contributed by atoms with van der Waals surface area (Å²) in [6, 6.07) is 64.9. The Morgan fingerprint density at radius 3 is 1.55 bits per heavy atom. The third-order valence-corrected chi connectivity index (χ3v) is 12.4. The average molecular weight is 731 g/mol. The molecule has 12 aromatic rings. The van der Waals surface area contributed by atoms with Crippen LogP contribution in [0.25, 0.3) is 114 Å². The van der Waals surface area contributed by atoms with Crippen LogP contribution in [-0.2, 0) is 0 Å². The highest BCUT2D eigenvalue weighted by Crippen LogP contribution is 2.45. The fourth-order valence-electron chi connectivity index (χ4n) is 8.67. The third kappa shape index (κ3) is 4.68. The van der Waals surface area contributed by atoms with Crippen molar-refractivity contribution in [1.29, 1.82) is 0 Å². The predicted molar refractivity (Wildman–Crippen MR) is 236 cm³/mol. The maximum atomic E-state index is 5.37. The lowest BCUT2D eigenvalue weighted by Gasteiger charge is -2.14. The van der Waals surface area contributed by atoms with E-state index in [2.05, 4.69) is 187 Å². The van der Waals surface area contributed by atoms with E-state index >= 15 is 0 Å². The van der Waals surface area contributed by atoms with Gasteiger partial charge < -0.3 is 4.57 Å². The largest absolute Gasteiger partial charge is 0.308 e. The zero-order chi connectivity index (χ0) is 36.7. The number of benzene rings is 9. The van der Waals surface area contributed by atoms with Crippen LogP contribution in [-0.4, -0.2) is 19.5 Å². The highest BCUT2D eigenvalue weighted by Gasteiger charge is 2.22. The van der Waals surface area contributed by atoms with E-state index in [1.807, 2.05) is 11.3 Å². The van der Waals surface area contributed by atoms with Crippen LogP contribution in [0.4, 0.5) is 0 Å². The lowest BCUT2D eigenvalue weighted by Crippen LogP contribution is -2.02. The summed E-state index contributed by atoms with van der Waals surface area (Å²) in [5.41, 5.74) is 6.46. The molecular formula is C51H30N4S. The van der Waals surface area contributed by atoms with Gasteiger partial charge in [0.2, 0.25) is 0 Å². The number of hydrogen-bond donors (Lipinski definition) is 0. The Kier molecular flexibility index (Phi) is 6.76. The van der Waals surface area contributed by atoms with Crippen LogP contribution in [0.1, 0.15) is 0 Å². The van der Waals surface area contributed by atoms with Gasteiger partial charge >= 0.3 is 0 Å². The van der Waals surface area contributed by atoms with Gasteiger partial charge in [-0.2, -0.15) is 0 Å².